The molecule has 1 atom stereocenters. The number of carboxylic acids is 1. The summed E-state index contributed by atoms with van der Waals surface area (Å²) in [5.41, 5.74) is 2.39. The van der Waals surface area contributed by atoms with E-state index >= 15 is 0 Å². The molecule has 1 N–H and O–H groups in total. The summed E-state index contributed by atoms with van der Waals surface area (Å²) >= 11 is -2.33. The van der Waals surface area contributed by atoms with Crippen molar-refractivity contribution >= 4 is 22.9 Å². The van der Waals surface area contributed by atoms with Gasteiger partial charge in [-0.25, -0.2) is 4.79 Å². The third-order valence-electron chi connectivity index (χ3n) is 2.90. The molecule has 0 aliphatic carbocycles. The Hall–Kier alpha value is -2.18. The van der Waals surface area contributed by atoms with Gasteiger partial charge in [-0.2, -0.15) is 0 Å². The Morgan fingerprint density at radius 2 is 1.80 bits per heavy atom. The monoisotopic (exact) mass is 290 g/mol. The molecule has 0 amide bonds. The summed E-state index contributed by atoms with van der Waals surface area (Å²) in [5, 5.41) is 8.85. The standard InChI is InChI=1S/C14H13NO4S/c1-15(20(18)19)13-4-2-3-12(9-13)10-5-7-11(8-6-10)14(16)17/h2-9H,1H3,(H,16,17)(H,18,19)/p-1. The first-order valence-electron chi connectivity index (χ1n) is 5.76. The lowest BCUT2D eigenvalue weighted by Crippen LogP contribution is -2.19. The average Bonchev–Trinajstić information content (AvgIpc) is 2.46. The smallest absolute Gasteiger partial charge is 0.335 e. The highest BCUT2D eigenvalue weighted by Crippen LogP contribution is 2.25. The van der Waals surface area contributed by atoms with Gasteiger partial charge in [0.2, 0.25) is 0 Å². The van der Waals surface area contributed by atoms with Crippen molar-refractivity contribution in [1.29, 1.82) is 0 Å². The zero-order valence-electron chi connectivity index (χ0n) is 10.6. The third-order valence-corrected chi connectivity index (χ3v) is 3.56. The lowest BCUT2D eigenvalue weighted by Gasteiger charge is -2.21. The Morgan fingerprint density at radius 3 is 2.35 bits per heavy atom. The Labute approximate surface area is 118 Å². The van der Waals surface area contributed by atoms with Gasteiger partial charge in [0.15, 0.2) is 0 Å². The highest BCUT2D eigenvalue weighted by Gasteiger charge is 2.05. The molecule has 104 valence electrons. The van der Waals surface area contributed by atoms with Crippen molar-refractivity contribution in [3.63, 3.8) is 0 Å². The Balaban J connectivity index is 2.35. The third kappa shape index (κ3) is 3.04. The molecule has 0 aliphatic heterocycles. The van der Waals surface area contributed by atoms with E-state index in [1.807, 2.05) is 6.07 Å². The van der Waals surface area contributed by atoms with E-state index in [4.69, 9.17) is 5.11 Å². The summed E-state index contributed by atoms with van der Waals surface area (Å²) in [5.74, 6) is -0.980. The molecule has 5 nitrogen and oxygen atoms in total. The van der Waals surface area contributed by atoms with Crippen LogP contribution in [0.5, 0.6) is 0 Å². The van der Waals surface area contributed by atoms with Gasteiger partial charge in [-0.1, -0.05) is 24.3 Å². The molecular weight excluding hydrogens is 278 g/mol. The molecule has 2 aromatic carbocycles. The van der Waals surface area contributed by atoms with Gasteiger partial charge in [-0.15, -0.1) is 0 Å². The average molecular weight is 290 g/mol. The first kappa shape index (κ1) is 14.2. The first-order valence-corrected chi connectivity index (χ1v) is 6.79. The van der Waals surface area contributed by atoms with Crippen LogP contribution in [0, 0.1) is 0 Å². The molecule has 0 aromatic heterocycles. The number of aromatic carboxylic acids is 1. The first-order chi connectivity index (χ1) is 9.49. The van der Waals surface area contributed by atoms with Crippen LogP contribution in [0.3, 0.4) is 0 Å². The minimum Gasteiger partial charge on any atom is -0.755 e. The van der Waals surface area contributed by atoms with Crippen LogP contribution in [0.25, 0.3) is 11.1 Å². The van der Waals surface area contributed by atoms with Gasteiger partial charge in [0.25, 0.3) is 0 Å². The van der Waals surface area contributed by atoms with Crippen molar-refractivity contribution in [2.75, 3.05) is 11.4 Å². The van der Waals surface area contributed by atoms with Crippen molar-refractivity contribution in [2.24, 2.45) is 0 Å². The molecule has 0 saturated carbocycles. The lowest BCUT2D eigenvalue weighted by molar-refractivity contribution is 0.0697. The Morgan fingerprint density at radius 1 is 1.15 bits per heavy atom. The molecular formula is C14H12NO4S-. The number of nitrogens with zero attached hydrogens (tertiary/aromatic N) is 1. The summed E-state index contributed by atoms with van der Waals surface area (Å²) in [6.07, 6.45) is 0. The van der Waals surface area contributed by atoms with Gasteiger partial charge in [-0.3, -0.25) is 4.21 Å². The van der Waals surface area contributed by atoms with Crippen LogP contribution >= 0.6 is 0 Å². The summed E-state index contributed by atoms with van der Waals surface area (Å²) in [6.45, 7) is 0. The predicted molar refractivity (Wildman–Crippen MR) is 76.2 cm³/mol. The van der Waals surface area contributed by atoms with Gasteiger partial charge in [0, 0.05) is 24.0 Å². The molecule has 6 heteroatoms. The quantitative estimate of drug-likeness (QED) is 0.876. The molecule has 0 spiro atoms. The van der Waals surface area contributed by atoms with Crippen LogP contribution in [-0.2, 0) is 11.3 Å². The highest BCUT2D eigenvalue weighted by atomic mass is 32.2. The number of hydrogen-bond acceptors (Lipinski definition) is 3. The zero-order chi connectivity index (χ0) is 14.7. The molecule has 0 aliphatic rings. The topological polar surface area (TPSA) is 80.7 Å². The number of rotatable bonds is 4. The van der Waals surface area contributed by atoms with E-state index in [2.05, 4.69) is 0 Å². The van der Waals surface area contributed by atoms with Crippen LogP contribution in [0.4, 0.5) is 5.69 Å². The van der Waals surface area contributed by atoms with Crippen LogP contribution in [-0.4, -0.2) is 26.9 Å². The van der Waals surface area contributed by atoms with Crippen molar-refractivity contribution in [3.8, 4) is 11.1 Å². The number of benzene rings is 2. The maximum Gasteiger partial charge on any atom is 0.335 e. The van der Waals surface area contributed by atoms with Gasteiger partial charge in [-0.05, 0) is 35.4 Å². The summed E-state index contributed by atoms with van der Waals surface area (Å²) in [6, 6.07) is 13.4. The number of carbonyl (C=O) groups is 1. The fourth-order valence-corrected chi connectivity index (χ4v) is 2.06. The van der Waals surface area contributed by atoms with E-state index in [1.54, 1.807) is 30.3 Å². The van der Waals surface area contributed by atoms with Crippen molar-refractivity contribution in [2.45, 2.75) is 0 Å². The van der Waals surface area contributed by atoms with E-state index in [0.29, 0.717) is 5.69 Å². The summed E-state index contributed by atoms with van der Waals surface area (Å²) in [7, 11) is 1.45. The van der Waals surface area contributed by atoms with Gasteiger partial charge < -0.3 is 14.0 Å². The van der Waals surface area contributed by atoms with Crippen LogP contribution in [0.2, 0.25) is 0 Å². The minimum absolute atomic E-state index is 0.211. The lowest BCUT2D eigenvalue weighted by atomic mass is 10.0. The van der Waals surface area contributed by atoms with Crippen LogP contribution < -0.4 is 4.31 Å². The molecule has 0 heterocycles. The predicted octanol–water partition coefficient (Wildman–Crippen LogP) is 2.28. The van der Waals surface area contributed by atoms with E-state index in [-0.39, 0.29) is 5.56 Å². The highest BCUT2D eigenvalue weighted by molar-refractivity contribution is 7.80. The number of carboxylic acid groups (broad SMARTS) is 1. The van der Waals surface area contributed by atoms with E-state index in [0.717, 1.165) is 15.4 Å². The minimum atomic E-state index is -2.33. The van der Waals surface area contributed by atoms with Crippen LogP contribution in [0.15, 0.2) is 48.5 Å². The van der Waals surface area contributed by atoms with E-state index in [9.17, 15) is 13.6 Å². The Bertz CT molecular complexity index is 654. The summed E-state index contributed by atoms with van der Waals surface area (Å²) < 4.78 is 23.0. The van der Waals surface area contributed by atoms with Crippen molar-refractivity contribution < 1.29 is 18.7 Å². The fourth-order valence-electron chi connectivity index (χ4n) is 1.77. The molecule has 2 aromatic rings. The Kier molecular flexibility index (Phi) is 4.16. The molecule has 2 rings (SSSR count). The second kappa shape index (κ2) is 5.85. The molecule has 0 saturated heterocycles. The molecule has 0 fully saturated rings. The zero-order valence-corrected chi connectivity index (χ0v) is 11.5. The van der Waals surface area contributed by atoms with Crippen molar-refractivity contribution in [3.05, 3.63) is 54.1 Å². The molecule has 0 bridgehead atoms. The van der Waals surface area contributed by atoms with E-state index < -0.39 is 17.2 Å². The van der Waals surface area contributed by atoms with Crippen molar-refractivity contribution in [1.82, 2.24) is 0 Å². The fraction of sp³-hybridized carbons (Fsp3) is 0.0714. The SMILES string of the molecule is CN(c1cccc(-c2ccc(C(=O)O)cc2)c1)S(=O)[O-]. The van der Waals surface area contributed by atoms with Gasteiger partial charge in [0.1, 0.15) is 0 Å². The maximum absolute atomic E-state index is 10.9. The normalized spacial score (nSPS) is 11.9. The molecule has 20 heavy (non-hydrogen) atoms. The largest absolute Gasteiger partial charge is 0.755 e. The second-order valence-corrected chi connectivity index (χ2v) is 5.13. The van der Waals surface area contributed by atoms with Crippen LogP contribution in [0.1, 0.15) is 10.4 Å². The van der Waals surface area contributed by atoms with Gasteiger partial charge in [0.05, 0.1) is 5.56 Å². The summed E-state index contributed by atoms with van der Waals surface area (Å²) in [4.78, 5) is 10.8. The molecule has 0 radical (unpaired) electrons. The maximum atomic E-state index is 10.9. The van der Waals surface area contributed by atoms with E-state index in [1.165, 1.54) is 19.2 Å². The number of hydrogen-bond donors (Lipinski definition) is 1. The second-order valence-electron chi connectivity index (χ2n) is 4.15. The number of anilines is 1. The molecule has 1 unspecified atom stereocenters. The van der Waals surface area contributed by atoms with Gasteiger partial charge >= 0.3 is 5.97 Å².